The van der Waals surface area contributed by atoms with Crippen molar-refractivity contribution in [2.45, 2.75) is 92.0 Å². The normalized spacial score (nSPS) is 17.0. The van der Waals surface area contributed by atoms with Crippen LogP contribution in [0.1, 0.15) is 107 Å². The van der Waals surface area contributed by atoms with Gasteiger partial charge in [0, 0.05) is 48.3 Å². The molecule has 224 valence electrons. The molecule has 0 bridgehead atoms. The van der Waals surface area contributed by atoms with E-state index >= 15 is 0 Å². The van der Waals surface area contributed by atoms with Crippen molar-refractivity contribution in [3.8, 4) is 0 Å². The van der Waals surface area contributed by atoms with Crippen LogP contribution in [0.4, 0.5) is 0 Å². The van der Waals surface area contributed by atoms with E-state index in [2.05, 4.69) is 73.0 Å². The van der Waals surface area contributed by atoms with Crippen LogP contribution in [0.5, 0.6) is 0 Å². The van der Waals surface area contributed by atoms with Gasteiger partial charge in [-0.15, -0.1) is 11.3 Å². The zero-order valence-electron chi connectivity index (χ0n) is 25.8. The smallest absolute Gasteiger partial charge is 0.223 e. The fraction of sp³-hybridized carbons (Fsp3) is 0.618. The summed E-state index contributed by atoms with van der Waals surface area (Å²) in [5.41, 5.74) is 2.60. The van der Waals surface area contributed by atoms with E-state index in [1.165, 1.54) is 24.3 Å². The number of piperidine rings is 1. The van der Waals surface area contributed by atoms with Crippen LogP contribution < -0.4 is 5.32 Å². The number of benzene rings is 1. The molecule has 0 spiro atoms. The van der Waals surface area contributed by atoms with Crippen molar-refractivity contribution in [1.82, 2.24) is 19.8 Å². The number of nitrogens with one attached hydrogen (secondary N) is 1. The molecule has 1 aromatic carbocycles. The van der Waals surface area contributed by atoms with Crippen molar-refractivity contribution in [3.05, 3.63) is 52.0 Å². The third-order valence-electron chi connectivity index (χ3n) is 8.55. The van der Waals surface area contributed by atoms with Crippen LogP contribution in [0.25, 0.3) is 11.0 Å². The molecule has 1 aliphatic heterocycles. The van der Waals surface area contributed by atoms with Gasteiger partial charge in [-0.05, 0) is 93.1 Å². The number of imidazole rings is 1. The van der Waals surface area contributed by atoms with Gasteiger partial charge in [-0.2, -0.15) is 0 Å². The number of carbonyl (C=O) groups is 2. The van der Waals surface area contributed by atoms with Gasteiger partial charge in [0.15, 0.2) is 5.78 Å². The molecule has 1 saturated heterocycles. The maximum Gasteiger partial charge on any atom is 0.223 e. The van der Waals surface area contributed by atoms with Crippen LogP contribution in [0, 0.1) is 17.8 Å². The Morgan fingerprint density at radius 3 is 2.66 bits per heavy atom. The van der Waals surface area contributed by atoms with E-state index in [1.54, 1.807) is 11.3 Å². The number of likely N-dealkylation sites (tertiary alicyclic amines) is 1. The molecule has 1 amide bonds. The second-order valence-electron chi connectivity index (χ2n) is 12.5. The van der Waals surface area contributed by atoms with Gasteiger partial charge in [0.2, 0.25) is 5.91 Å². The van der Waals surface area contributed by atoms with Crippen molar-refractivity contribution in [2.24, 2.45) is 17.8 Å². The van der Waals surface area contributed by atoms with E-state index in [1.807, 2.05) is 12.1 Å². The summed E-state index contributed by atoms with van der Waals surface area (Å²) < 4.78 is 2.38. The summed E-state index contributed by atoms with van der Waals surface area (Å²) in [6.45, 7) is 15.0. The first-order chi connectivity index (χ1) is 19.8. The Morgan fingerprint density at radius 1 is 1.17 bits per heavy atom. The number of hydrogen-bond donors (Lipinski definition) is 1. The Hall–Kier alpha value is -2.51. The van der Waals surface area contributed by atoms with Crippen molar-refractivity contribution >= 4 is 34.1 Å². The molecule has 2 aromatic heterocycles. The number of aromatic nitrogens is 2. The molecule has 3 aromatic rings. The van der Waals surface area contributed by atoms with Crippen molar-refractivity contribution < 1.29 is 9.59 Å². The molecule has 3 heterocycles. The molecule has 1 N–H and O–H groups in total. The SMILES string of the molecule is CCC(CC)n1c(Cc2cccs2)nc2cc(C(=O)C[C@@H](CC(C)C)C(=O)NCCCN3CCCC(C)C3)ccc21. The van der Waals surface area contributed by atoms with E-state index in [9.17, 15) is 9.59 Å². The summed E-state index contributed by atoms with van der Waals surface area (Å²) in [4.78, 5) is 35.6. The van der Waals surface area contributed by atoms with E-state index in [-0.39, 0.29) is 24.0 Å². The van der Waals surface area contributed by atoms with Gasteiger partial charge in [-0.3, -0.25) is 9.59 Å². The van der Waals surface area contributed by atoms with Crippen LogP contribution in [0.3, 0.4) is 0 Å². The molecule has 1 aliphatic rings. The van der Waals surface area contributed by atoms with Gasteiger partial charge in [0.05, 0.1) is 11.0 Å². The fourth-order valence-corrected chi connectivity index (χ4v) is 7.12. The average molecular weight is 579 g/mol. The minimum absolute atomic E-state index is 0.0105. The monoisotopic (exact) mass is 578 g/mol. The maximum atomic E-state index is 13.5. The van der Waals surface area contributed by atoms with Gasteiger partial charge in [0.25, 0.3) is 0 Å². The highest BCUT2D eigenvalue weighted by Gasteiger charge is 2.25. The summed E-state index contributed by atoms with van der Waals surface area (Å²) in [6, 6.07) is 10.5. The Kier molecular flexibility index (Phi) is 11.6. The van der Waals surface area contributed by atoms with Crippen LogP contribution >= 0.6 is 11.3 Å². The lowest BCUT2D eigenvalue weighted by Crippen LogP contribution is -2.38. The molecule has 41 heavy (non-hydrogen) atoms. The number of fused-ring (bicyclic) bond motifs is 1. The van der Waals surface area contributed by atoms with Crippen LogP contribution in [0.15, 0.2) is 35.7 Å². The fourth-order valence-electron chi connectivity index (χ4n) is 6.42. The quantitative estimate of drug-likeness (QED) is 0.150. The van der Waals surface area contributed by atoms with E-state index < -0.39 is 0 Å². The van der Waals surface area contributed by atoms with Crippen LogP contribution in [-0.2, 0) is 11.2 Å². The van der Waals surface area contributed by atoms with Gasteiger partial charge in [0.1, 0.15) is 5.82 Å². The number of hydrogen-bond acceptors (Lipinski definition) is 5. The lowest BCUT2D eigenvalue weighted by Gasteiger charge is -2.30. The molecule has 6 nitrogen and oxygen atoms in total. The second kappa shape index (κ2) is 15.1. The maximum absolute atomic E-state index is 13.5. The molecular formula is C34H50N4O2S. The topological polar surface area (TPSA) is 67.2 Å². The predicted molar refractivity (Wildman–Crippen MR) is 171 cm³/mol. The minimum atomic E-state index is -0.315. The van der Waals surface area contributed by atoms with Crippen molar-refractivity contribution in [3.63, 3.8) is 0 Å². The summed E-state index contributed by atoms with van der Waals surface area (Å²) >= 11 is 1.75. The largest absolute Gasteiger partial charge is 0.356 e. The third-order valence-corrected chi connectivity index (χ3v) is 9.43. The molecule has 4 rings (SSSR count). The molecule has 7 heteroatoms. The molecule has 1 unspecified atom stereocenters. The molecule has 0 radical (unpaired) electrons. The third kappa shape index (κ3) is 8.51. The summed E-state index contributed by atoms with van der Waals surface area (Å²) in [6.07, 6.45) is 7.33. The zero-order chi connectivity index (χ0) is 29.4. The molecule has 0 saturated carbocycles. The lowest BCUT2D eigenvalue weighted by atomic mass is 9.89. The number of Topliss-reactive ketones (excluding diaryl/α,β-unsaturated/α-hetero) is 1. The number of rotatable bonds is 15. The Bertz CT molecular complexity index is 1260. The van der Waals surface area contributed by atoms with Gasteiger partial charge >= 0.3 is 0 Å². The average Bonchev–Trinajstić information content (AvgIpc) is 3.59. The highest BCUT2D eigenvalue weighted by atomic mass is 32.1. The highest BCUT2D eigenvalue weighted by molar-refractivity contribution is 7.09. The number of thiophene rings is 1. The first kappa shape index (κ1) is 31.4. The first-order valence-electron chi connectivity index (χ1n) is 15.8. The van der Waals surface area contributed by atoms with Crippen LogP contribution in [0.2, 0.25) is 0 Å². The van der Waals surface area contributed by atoms with Crippen molar-refractivity contribution in [1.29, 1.82) is 0 Å². The zero-order valence-corrected chi connectivity index (χ0v) is 26.6. The number of nitrogens with zero attached hydrogens (tertiary/aromatic N) is 3. The van der Waals surface area contributed by atoms with Gasteiger partial charge in [-0.25, -0.2) is 4.98 Å². The Balaban J connectivity index is 1.44. The first-order valence-corrected chi connectivity index (χ1v) is 16.7. The van der Waals surface area contributed by atoms with Gasteiger partial charge in [-0.1, -0.05) is 40.7 Å². The summed E-state index contributed by atoms with van der Waals surface area (Å²) in [5.74, 6) is 1.87. The minimum Gasteiger partial charge on any atom is -0.356 e. The predicted octanol–water partition coefficient (Wildman–Crippen LogP) is 7.52. The van der Waals surface area contributed by atoms with E-state index in [0.29, 0.717) is 30.5 Å². The Labute approximate surface area is 250 Å². The van der Waals surface area contributed by atoms with Crippen molar-refractivity contribution in [2.75, 3.05) is 26.2 Å². The number of amides is 1. The summed E-state index contributed by atoms with van der Waals surface area (Å²) in [5, 5.41) is 5.26. The molecular weight excluding hydrogens is 528 g/mol. The molecule has 0 aliphatic carbocycles. The Morgan fingerprint density at radius 2 is 1.98 bits per heavy atom. The number of ketones is 1. The summed E-state index contributed by atoms with van der Waals surface area (Å²) in [7, 11) is 0. The van der Waals surface area contributed by atoms with E-state index in [4.69, 9.17) is 4.98 Å². The lowest BCUT2D eigenvalue weighted by molar-refractivity contribution is -0.125. The number of carbonyl (C=O) groups excluding carboxylic acids is 2. The molecule has 1 fully saturated rings. The highest BCUT2D eigenvalue weighted by Crippen LogP contribution is 2.29. The van der Waals surface area contributed by atoms with Crippen LogP contribution in [-0.4, -0.2) is 52.3 Å². The van der Waals surface area contributed by atoms with Gasteiger partial charge < -0.3 is 14.8 Å². The second-order valence-corrected chi connectivity index (χ2v) is 13.5. The standard InChI is InChI=1S/C34H50N4O2S/c1-6-28(7-2)38-31-14-13-26(20-30(31)36-33(38)22-29-12-9-18-41-29)32(39)21-27(19-24(3)4)34(40)35-15-10-17-37-16-8-11-25(5)23-37/h9,12-14,18,20,24-25,27-28H,6-8,10-11,15-17,19,21-23H2,1-5H3,(H,35,40)/t25?,27-/m1/s1. The van der Waals surface area contributed by atoms with E-state index in [0.717, 1.165) is 61.5 Å². The molecule has 2 atom stereocenters.